The fraction of sp³-hybridized carbons (Fsp3) is 0.125. The number of nitrogens with zero attached hydrogens (tertiary/aromatic N) is 1. The third kappa shape index (κ3) is 2.21. The lowest BCUT2D eigenvalue weighted by Gasteiger charge is -2.19. The Bertz CT molecular complexity index is 762. The Morgan fingerprint density at radius 3 is 2.81 bits per heavy atom. The molecule has 0 saturated heterocycles. The average molecular weight is 381 g/mol. The number of hydrogen-bond donors (Lipinski definition) is 0. The minimum Gasteiger partial charge on any atom is -0.268 e. The molecule has 5 heteroatoms. The Morgan fingerprint density at radius 1 is 1.14 bits per heavy atom. The first-order valence-corrected chi connectivity index (χ1v) is 8.86. The Kier molecular flexibility index (Phi) is 3.50. The quantitative estimate of drug-likeness (QED) is 0.494. The maximum absolute atomic E-state index is 6.22. The Morgan fingerprint density at radius 2 is 1.95 bits per heavy atom. The van der Waals surface area contributed by atoms with Crippen LogP contribution in [0.1, 0.15) is 11.1 Å². The third-order valence-corrected chi connectivity index (χ3v) is 5.48. The minimum atomic E-state index is 0.588. The van der Waals surface area contributed by atoms with Crippen molar-refractivity contribution in [3.05, 3.63) is 58.6 Å². The minimum absolute atomic E-state index is 0.588. The van der Waals surface area contributed by atoms with Gasteiger partial charge in [0.2, 0.25) is 0 Å². The number of hydrogen-bond acceptors (Lipinski definition) is 3. The third-order valence-electron chi connectivity index (χ3n) is 3.64. The zero-order valence-corrected chi connectivity index (χ0v) is 14.1. The van der Waals surface area contributed by atoms with E-state index in [1.165, 1.54) is 20.9 Å². The molecule has 2 nitrogen and oxygen atoms in total. The molecule has 0 saturated carbocycles. The largest absolute Gasteiger partial charge is 0.268 e. The van der Waals surface area contributed by atoms with Crippen molar-refractivity contribution >= 4 is 50.6 Å². The number of alkyl halides is 1. The molecule has 0 atom stereocenters. The molecule has 21 heavy (non-hydrogen) atoms. The van der Waals surface area contributed by atoms with Gasteiger partial charge < -0.3 is 0 Å². The van der Waals surface area contributed by atoms with Crippen LogP contribution >= 0.6 is 39.3 Å². The molecule has 2 aliphatic heterocycles. The Labute approximate surface area is 140 Å². The summed E-state index contributed by atoms with van der Waals surface area (Å²) in [6, 6.07) is 14.5. The van der Waals surface area contributed by atoms with E-state index in [0.29, 0.717) is 12.1 Å². The number of rotatable bonds is 1. The molecule has 2 heterocycles. The lowest BCUT2D eigenvalue weighted by Crippen LogP contribution is -2.15. The number of halogens is 2. The monoisotopic (exact) mass is 379 g/mol. The van der Waals surface area contributed by atoms with E-state index in [2.05, 4.69) is 46.3 Å². The summed E-state index contributed by atoms with van der Waals surface area (Å²) >= 11 is 11.5. The van der Waals surface area contributed by atoms with E-state index >= 15 is 0 Å². The van der Waals surface area contributed by atoms with Crippen molar-refractivity contribution < 1.29 is 4.84 Å². The summed E-state index contributed by atoms with van der Waals surface area (Å²) in [5.74, 6) is 0. The van der Waals surface area contributed by atoms with Crippen LogP contribution in [0.15, 0.2) is 52.3 Å². The van der Waals surface area contributed by atoms with E-state index in [1.54, 1.807) is 11.8 Å². The highest BCUT2D eigenvalue weighted by Crippen LogP contribution is 2.48. The van der Waals surface area contributed by atoms with Gasteiger partial charge in [-0.2, -0.15) is 0 Å². The van der Waals surface area contributed by atoms with Gasteiger partial charge in [0.1, 0.15) is 12.1 Å². The molecule has 0 spiro atoms. The first kappa shape index (κ1) is 13.7. The molecule has 0 amide bonds. The molecule has 0 unspecified atom stereocenters. The molecule has 2 aromatic carbocycles. The second-order valence-corrected chi connectivity index (χ2v) is 6.86. The van der Waals surface area contributed by atoms with Gasteiger partial charge in [0.15, 0.2) is 0 Å². The predicted molar refractivity (Wildman–Crippen MR) is 90.4 cm³/mol. The van der Waals surface area contributed by atoms with Crippen LogP contribution in [0.25, 0.3) is 11.3 Å². The van der Waals surface area contributed by atoms with Crippen LogP contribution in [0.2, 0.25) is 5.02 Å². The molecule has 0 fully saturated rings. The number of benzene rings is 2. The van der Waals surface area contributed by atoms with E-state index in [4.69, 9.17) is 16.4 Å². The molecule has 0 radical (unpaired) electrons. The van der Waals surface area contributed by atoms with Crippen LogP contribution in [0.4, 0.5) is 0 Å². The van der Waals surface area contributed by atoms with Crippen molar-refractivity contribution in [1.82, 2.24) is 5.06 Å². The average Bonchev–Trinajstić information content (AvgIpc) is 2.87. The molecule has 2 aliphatic rings. The lowest BCUT2D eigenvalue weighted by atomic mass is 10.0. The van der Waals surface area contributed by atoms with Gasteiger partial charge in [0.25, 0.3) is 0 Å². The molecule has 4 rings (SSSR count). The molecular weight excluding hydrogens is 370 g/mol. The normalized spacial score (nSPS) is 16.4. The van der Waals surface area contributed by atoms with Crippen molar-refractivity contribution in [2.24, 2.45) is 0 Å². The van der Waals surface area contributed by atoms with E-state index in [9.17, 15) is 0 Å². The van der Waals surface area contributed by atoms with Gasteiger partial charge in [0, 0.05) is 26.0 Å². The molecule has 0 N–H and O–H groups in total. The maximum Gasteiger partial charge on any atom is 0.103 e. The van der Waals surface area contributed by atoms with Crippen LogP contribution in [0, 0.1) is 0 Å². The fourth-order valence-electron chi connectivity index (χ4n) is 2.72. The molecule has 0 bridgehead atoms. The standard InChI is InChI=1S/C16H11BrClNOS/c17-9-19-16-12-7-10(18)5-6-15(12)21-14-4-2-1-3-11(14)13(16)8-20-19/h1-7H,8-9H2. The van der Waals surface area contributed by atoms with Crippen LogP contribution in [0.3, 0.4) is 0 Å². The second kappa shape index (κ2) is 5.36. The summed E-state index contributed by atoms with van der Waals surface area (Å²) in [5, 5.41) is 2.64. The Hall–Kier alpha value is -0.940. The van der Waals surface area contributed by atoms with Crippen LogP contribution in [-0.2, 0) is 4.84 Å². The zero-order chi connectivity index (χ0) is 14.4. The van der Waals surface area contributed by atoms with Crippen molar-refractivity contribution in [3.8, 4) is 0 Å². The van der Waals surface area contributed by atoms with Gasteiger partial charge in [-0.05, 0) is 29.8 Å². The first-order chi connectivity index (χ1) is 10.3. The molecular formula is C16H11BrClNOS. The molecule has 0 aromatic heterocycles. The van der Waals surface area contributed by atoms with Crippen molar-refractivity contribution in [1.29, 1.82) is 0 Å². The molecule has 106 valence electrons. The van der Waals surface area contributed by atoms with E-state index in [-0.39, 0.29) is 0 Å². The van der Waals surface area contributed by atoms with Gasteiger partial charge >= 0.3 is 0 Å². The molecule has 0 aliphatic carbocycles. The number of fused-ring (bicyclic) bond motifs is 4. The summed E-state index contributed by atoms with van der Waals surface area (Å²) < 4.78 is 0. The summed E-state index contributed by atoms with van der Waals surface area (Å²) in [4.78, 5) is 8.28. The molecule has 2 aromatic rings. The van der Waals surface area contributed by atoms with Crippen molar-refractivity contribution in [3.63, 3.8) is 0 Å². The highest BCUT2D eigenvalue weighted by molar-refractivity contribution is 9.09. The number of hydroxylamine groups is 2. The van der Waals surface area contributed by atoms with Gasteiger partial charge in [-0.3, -0.25) is 4.84 Å². The SMILES string of the molecule is Clc1ccc2c(c1)C1=C(CON1CBr)c1ccccc1S2. The fourth-order valence-corrected chi connectivity index (χ4v) is 4.38. The van der Waals surface area contributed by atoms with Gasteiger partial charge in [0.05, 0.1) is 5.70 Å². The summed E-state index contributed by atoms with van der Waals surface area (Å²) in [6.07, 6.45) is 0. The summed E-state index contributed by atoms with van der Waals surface area (Å²) in [6.45, 7) is 0.588. The van der Waals surface area contributed by atoms with E-state index < -0.39 is 0 Å². The summed E-state index contributed by atoms with van der Waals surface area (Å²) in [5.41, 5.74) is 5.34. The highest BCUT2D eigenvalue weighted by atomic mass is 79.9. The van der Waals surface area contributed by atoms with Gasteiger partial charge in [-0.25, -0.2) is 5.06 Å². The summed E-state index contributed by atoms with van der Waals surface area (Å²) in [7, 11) is 0. The zero-order valence-electron chi connectivity index (χ0n) is 11.0. The highest BCUT2D eigenvalue weighted by Gasteiger charge is 2.31. The second-order valence-electron chi connectivity index (χ2n) is 4.84. The van der Waals surface area contributed by atoms with E-state index in [0.717, 1.165) is 16.3 Å². The van der Waals surface area contributed by atoms with Crippen LogP contribution in [-0.4, -0.2) is 17.1 Å². The van der Waals surface area contributed by atoms with Gasteiger partial charge in [-0.15, -0.1) is 0 Å². The smallest absolute Gasteiger partial charge is 0.103 e. The topological polar surface area (TPSA) is 12.5 Å². The van der Waals surface area contributed by atoms with E-state index in [1.807, 2.05) is 17.2 Å². The van der Waals surface area contributed by atoms with Gasteiger partial charge in [-0.1, -0.05) is 57.5 Å². The van der Waals surface area contributed by atoms with Crippen LogP contribution < -0.4 is 0 Å². The maximum atomic E-state index is 6.22. The first-order valence-electron chi connectivity index (χ1n) is 6.54. The lowest BCUT2D eigenvalue weighted by molar-refractivity contribution is -0.0617. The Balaban J connectivity index is 2.03. The van der Waals surface area contributed by atoms with Crippen molar-refractivity contribution in [2.45, 2.75) is 9.79 Å². The van der Waals surface area contributed by atoms with Crippen LogP contribution in [0.5, 0.6) is 0 Å². The predicted octanol–water partition coefficient (Wildman–Crippen LogP) is 5.27. The van der Waals surface area contributed by atoms with Crippen molar-refractivity contribution in [2.75, 3.05) is 12.1 Å².